The summed E-state index contributed by atoms with van der Waals surface area (Å²) in [7, 11) is 0. The van der Waals surface area contributed by atoms with Gasteiger partial charge in [0.25, 0.3) is 0 Å². The number of nitrogens with zero attached hydrogens (tertiary/aromatic N) is 1. The zero-order valence-electron chi connectivity index (χ0n) is 11.1. The number of hydrogen-bond donors (Lipinski definition) is 1. The van der Waals surface area contributed by atoms with E-state index in [-0.39, 0.29) is 6.61 Å². The average Bonchev–Trinajstić information content (AvgIpc) is 2.38. The lowest BCUT2D eigenvalue weighted by atomic mass is 9.89. The third kappa shape index (κ3) is 1.72. The Morgan fingerprint density at radius 2 is 1.83 bits per heavy atom. The molecule has 0 spiro atoms. The van der Waals surface area contributed by atoms with E-state index in [0.29, 0.717) is 0 Å². The van der Waals surface area contributed by atoms with Crippen LogP contribution >= 0.6 is 0 Å². The number of aliphatic hydroxyl groups excluding tert-OH is 1. The summed E-state index contributed by atoms with van der Waals surface area (Å²) in [6.07, 6.45) is 4.57. The van der Waals surface area contributed by atoms with Gasteiger partial charge in [-0.25, -0.2) is 0 Å². The molecule has 0 aliphatic heterocycles. The van der Waals surface area contributed by atoms with Gasteiger partial charge in [0.15, 0.2) is 0 Å². The molecule has 1 aliphatic rings. The lowest BCUT2D eigenvalue weighted by Gasteiger charge is -2.20. The second-order valence-corrected chi connectivity index (χ2v) is 5.33. The van der Waals surface area contributed by atoms with E-state index in [1.807, 2.05) is 0 Å². The fraction of sp³-hybridized carbons (Fsp3) is 0.438. The number of aryl methyl sites for hydroxylation is 3. The van der Waals surface area contributed by atoms with Gasteiger partial charge in [-0.3, -0.25) is 4.98 Å². The van der Waals surface area contributed by atoms with Gasteiger partial charge in [-0.2, -0.15) is 0 Å². The van der Waals surface area contributed by atoms with Crippen molar-refractivity contribution in [3.05, 3.63) is 40.1 Å². The first kappa shape index (κ1) is 11.7. The van der Waals surface area contributed by atoms with Crippen LogP contribution in [0.3, 0.4) is 0 Å². The van der Waals surface area contributed by atoms with Crippen molar-refractivity contribution < 1.29 is 5.11 Å². The van der Waals surface area contributed by atoms with Crippen molar-refractivity contribution in [2.75, 3.05) is 0 Å². The van der Waals surface area contributed by atoms with Gasteiger partial charge < -0.3 is 5.11 Å². The molecule has 2 heteroatoms. The summed E-state index contributed by atoms with van der Waals surface area (Å²) in [5.41, 5.74) is 7.21. The van der Waals surface area contributed by atoms with Gasteiger partial charge in [-0.05, 0) is 73.9 Å². The van der Waals surface area contributed by atoms with Crippen LogP contribution in [0.5, 0.6) is 0 Å². The lowest BCUT2D eigenvalue weighted by molar-refractivity contribution is 0.281. The molecule has 1 N–H and O–H groups in total. The second kappa shape index (κ2) is 4.36. The molecule has 1 aliphatic carbocycles. The van der Waals surface area contributed by atoms with Gasteiger partial charge >= 0.3 is 0 Å². The first-order valence-corrected chi connectivity index (χ1v) is 6.73. The molecule has 2 nitrogen and oxygen atoms in total. The van der Waals surface area contributed by atoms with Crippen molar-refractivity contribution in [3.63, 3.8) is 0 Å². The Hall–Kier alpha value is -1.41. The highest BCUT2D eigenvalue weighted by molar-refractivity contribution is 5.85. The highest BCUT2D eigenvalue weighted by Gasteiger charge is 2.17. The summed E-state index contributed by atoms with van der Waals surface area (Å²) in [5.74, 6) is 0. The van der Waals surface area contributed by atoms with Crippen molar-refractivity contribution in [2.45, 2.75) is 46.1 Å². The van der Waals surface area contributed by atoms with E-state index in [1.165, 1.54) is 35.2 Å². The fourth-order valence-corrected chi connectivity index (χ4v) is 2.96. The van der Waals surface area contributed by atoms with Crippen molar-refractivity contribution in [2.24, 2.45) is 0 Å². The van der Waals surface area contributed by atoms with E-state index in [2.05, 4.69) is 26.0 Å². The Bertz CT molecular complexity index is 616. The molecule has 0 saturated carbocycles. The van der Waals surface area contributed by atoms with Crippen LogP contribution in [-0.2, 0) is 19.4 Å². The summed E-state index contributed by atoms with van der Waals surface area (Å²) >= 11 is 0. The number of rotatable bonds is 1. The highest BCUT2D eigenvalue weighted by Crippen LogP contribution is 2.30. The molecule has 0 atom stereocenters. The summed E-state index contributed by atoms with van der Waals surface area (Å²) in [5, 5.41) is 10.9. The summed E-state index contributed by atoms with van der Waals surface area (Å²) in [4.78, 5) is 4.82. The molecule has 0 radical (unpaired) electrons. The molecular formula is C16H19NO. The number of aromatic nitrogens is 1. The van der Waals surface area contributed by atoms with Crippen LogP contribution in [0.2, 0.25) is 0 Å². The number of benzene rings is 1. The molecule has 0 saturated heterocycles. The Labute approximate surface area is 108 Å². The van der Waals surface area contributed by atoms with E-state index in [1.54, 1.807) is 0 Å². The van der Waals surface area contributed by atoms with E-state index >= 15 is 0 Å². The minimum atomic E-state index is 0.129. The zero-order chi connectivity index (χ0) is 12.7. The minimum absolute atomic E-state index is 0.129. The first-order chi connectivity index (χ1) is 8.70. The Balaban J connectivity index is 2.36. The number of pyridine rings is 1. The summed E-state index contributed by atoms with van der Waals surface area (Å²) in [6, 6.07) is 4.33. The normalized spacial score (nSPS) is 14.8. The molecular weight excluding hydrogens is 222 g/mol. The quantitative estimate of drug-likeness (QED) is 0.831. The van der Waals surface area contributed by atoms with Crippen molar-refractivity contribution in [3.8, 4) is 0 Å². The van der Waals surface area contributed by atoms with Gasteiger partial charge in [0.05, 0.1) is 12.1 Å². The van der Waals surface area contributed by atoms with E-state index < -0.39 is 0 Å². The van der Waals surface area contributed by atoms with Crippen LogP contribution in [0.1, 0.15) is 40.8 Å². The van der Waals surface area contributed by atoms with Crippen molar-refractivity contribution >= 4 is 10.9 Å². The van der Waals surface area contributed by atoms with Crippen LogP contribution in [0.4, 0.5) is 0 Å². The number of aliphatic hydroxyl groups is 1. The molecule has 0 amide bonds. The molecule has 1 aromatic heterocycles. The van der Waals surface area contributed by atoms with E-state index in [4.69, 9.17) is 4.98 Å². The van der Waals surface area contributed by atoms with Crippen LogP contribution in [-0.4, -0.2) is 10.1 Å². The molecule has 0 unspecified atom stereocenters. The average molecular weight is 241 g/mol. The van der Waals surface area contributed by atoms with E-state index in [9.17, 15) is 5.11 Å². The number of fused-ring (bicyclic) bond motifs is 2. The molecule has 3 rings (SSSR count). The maximum absolute atomic E-state index is 9.72. The molecule has 1 aromatic carbocycles. The predicted molar refractivity (Wildman–Crippen MR) is 73.8 cm³/mol. The van der Waals surface area contributed by atoms with Gasteiger partial charge in [0.1, 0.15) is 0 Å². The first-order valence-electron chi connectivity index (χ1n) is 6.73. The van der Waals surface area contributed by atoms with Gasteiger partial charge in [-0.15, -0.1) is 0 Å². The largest absolute Gasteiger partial charge is 0.392 e. The third-order valence-electron chi connectivity index (χ3n) is 4.15. The minimum Gasteiger partial charge on any atom is -0.392 e. The van der Waals surface area contributed by atoms with Crippen molar-refractivity contribution in [1.82, 2.24) is 4.98 Å². The van der Waals surface area contributed by atoms with Gasteiger partial charge in [0.2, 0.25) is 0 Å². The van der Waals surface area contributed by atoms with Gasteiger partial charge in [-0.1, -0.05) is 0 Å². The Morgan fingerprint density at radius 3 is 2.61 bits per heavy atom. The maximum atomic E-state index is 9.72. The van der Waals surface area contributed by atoms with Crippen LogP contribution in [0.25, 0.3) is 10.9 Å². The Kier molecular flexibility index (Phi) is 2.83. The summed E-state index contributed by atoms with van der Waals surface area (Å²) < 4.78 is 0. The standard InChI is InChI=1S/C16H19NO/c1-10-7-13-14(9-18)12-5-3-4-6-15(12)17-16(13)8-11(10)2/h7-8,18H,3-6,9H2,1-2H3. The SMILES string of the molecule is Cc1cc2nc3c(c(CO)c2cc1C)CCCC3. The van der Waals surface area contributed by atoms with Crippen LogP contribution in [0, 0.1) is 13.8 Å². The zero-order valence-corrected chi connectivity index (χ0v) is 11.1. The predicted octanol–water partition coefficient (Wildman–Crippen LogP) is 3.22. The molecule has 2 aromatic rings. The molecule has 0 bridgehead atoms. The highest BCUT2D eigenvalue weighted by atomic mass is 16.3. The fourth-order valence-electron chi connectivity index (χ4n) is 2.96. The molecule has 1 heterocycles. The Morgan fingerprint density at radius 1 is 1.11 bits per heavy atom. The lowest BCUT2D eigenvalue weighted by Crippen LogP contribution is -2.10. The molecule has 94 valence electrons. The van der Waals surface area contributed by atoms with Gasteiger partial charge in [0, 0.05) is 11.1 Å². The van der Waals surface area contributed by atoms with Crippen molar-refractivity contribution in [1.29, 1.82) is 0 Å². The monoisotopic (exact) mass is 241 g/mol. The van der Waals surface area contributed by atoms with Crippen LogP contribution in [0.15, 0.2) is 12.1 Å². The second-order valence-electron chi connectivity index (χ2n) is 5.33. The maximum Gasteiger partial charge on any atom is 0.0711 e. The number of hydrogen-bond acceptors (Lipinski definition) is 2. The van der Waals surface area contributed by atoms with Crippen LogP contribution < -0.4 is 0 Å². The third-order valence-corrected chi connectivity index (χ3v) is 4.15. The van der Waals surface area contributed by atoms with E-state index in [0.717, 1.165) is 29.3 Å². The smallest absolute Gasteiger partial charge is 0.0711 e. The summed E-state index contributed by atoms with van der Waals surface area (Å²) in [6.45, 7) is 4.37. The topological polar surface area (TPSA) is 33.1 Å². The molecule has 0 fully saturated rings. The molecule has 18 heavy (non-hydrogen) atoms.